The summed E-state index contributed by atoms with van der Waals surface area (Å²) in [4.78, 5) is 4.05. The van der Waals surface area contributed by atoms with E-state index in [1.165, 1.54) is 18.4 Å². The first-order chi connectivity index (χ1) is 7.15. The van der Waals surface area contributed by atoms with Crippen molar-refractivity contribution in [1.29, 1.82) is 0 Å². The van der Waals surface area contributed by atoms with E-state index in [-0.39, 0.29) is 0 Å². The van der Waals surface area contributed by atoms with Gasteiger partial charge in [0, 0.05) is 5.69 Å². The van der Waals surface area contributed by atoms with Crippen molar-refractivity contribution in [3.63, 3.8) is 0 Å². The number of pyridine rings is 1. The van der Waals surface area contributed by atoms with Crippen molar-refractivity contribution in [2.75, 3.05) is 6.54 Å². The van der Waals surface area contributed by atoms with Gasteiger partial charge >= 0.3 is 0 Å². The first kappa shape index (κ1) is 12.5. The van der Waals surface area contributed by atoms with Crippen molar-refractivity contribution < 1.29 is 0 Å². The summed E-state index contributed by atoms with van der Waals surface area (Å²) in [6, 6.07) is 3.94. The van der Waals surface area contributed by atoms with E-state index < -0.39 is 0 Å². The lowest BCUT2D eigenvalue weighted by Crippen LogP contribution is -1.98. The Labute approximate surface area is 96.8 Å². The van der Waals surface area contributed by atoms with Gasteiger partial charge in [-0.25, -0.2) is 4.98 Å². The van der Waals surface area contributed by atoms with Gasteiger partial charge in [-0.2, -0.15) is 0 Å². The molecule has 1 aromatic heterocycles. The number of nitrogens with two attached hydrogens (primary N) is 1. The molecule has 1 aliphatic carbocycles. The van der Waals surface area contributed by atoms with Gasteiger partial charge in [0.05, 0.1) is 0 Å². The summed E-state index contributed by atoms with van der Waals surface area (Å²) >= 11 is 5.72. The van der Waals surface area contributed by atoms with Gasteiger partial charge in [0.2, 0.25) is 0 Å². The van der Waals surface area contributed by atoms with Crippen molar-refractivity contribution in [3.05, 3.63) is 28.5 Å². The summed E-state index contributed by atoms with van der Waals surface area (Å²) in [6.45, 7) is 4.97. The van der Waals surface area contributed by atoms with Crippen molar-refractivity contribution in [2.24, 2.45) is 11.7 Å². The normalized spacial score (nSPS) is 14.4. The van der Waals surface area contributed by atoms with Gasteiger partial charge in [-0.05, 0) is 56.3 Å². The minimum Gasteiger partial charge on any atom is -0.330 e. The number of aromatic nitrogens is 1. The van der Waals surface area contributed by atoms with E-state index >= 15 is 0 Å². The largest absolute Gasteiger partial charge is 0.330 e. The van der Waals surface area contributed by atoms with Crippen LogP contribution in [0.5, 0.6) is 0 Å². The molecule has 0 atom stereocenters. The fourth-order valence-electron chi connectivity index (χ4n) is 1.25. The molecule has 2 rings (SSSR count). The third-order valence-corrected chi connectivity index (χ3v) is 2.61. The molecule has 0 unspecified atom stereocenters. The molecule has 1 aliphatic rings. The van der Waals surface area contributed by atoms with Gasteiger partial charge in [-0.1, -0.05) is 18.5 Å². The highest BCUT2D eigenvalue weighted by atomic mass is 35.5. The zero-order valence-corrected chi connectivity index (χ0v) is 10.2. The third-order valence-electron chi connectivity index (χ3n) is 2.42. The third kappa shape index (κ3) is 5.14. The highest BCUT2D eigenvalue weighted by Gasteiger charge is 2.17. The van der Waals surface area contributed by atoms with Crippen LogP contribution in [0.25, 0.3) is 0 Å². The van der Waals surface area contributed by atoms with Gasteiger partial charge in [0.15, 0.2) is 0 Å². The first-order valence-corrected chi connectivity index (χ1v) is 5.86. The Morgan fingerprint density at radius 2 is 2.13 bits per heavy atom. The molecule has 1 saturated carbocycles. The molecular formula is C12H19ClN2. The van der Waals surface area contributed by atoms with Crippen molar-refractivity contribution in [2.45, 2.75) is 33.1 Å². The van der Waals surface area contributed by atoms with E-state index in [2.05, 4.69) is 11.9 Å². The number of rotatable bonds is 2. The number of hydrogen-bond acceptors (Lipinski definition) is 2. The van der Waals surface area contributed by atoms with Crippen LogP contribution in [0.15, 0.2) is 12.1 Å². The quantitative estimate of drug-likeness (QED) is 0.788. The summed E-state index contributed by atoms with van der Waals surface area (Å²) in [5, 5.41) is 0.594. The SMILES string of the molecule is CCc1cc(C)nc(Cl)c1.NCC1CC1. The molecule has 0 spiro atoms. The van der Waals surface area contributed by atoms with E-state index in [0.717, 1.165) is 24.6 Å². The molecule has 84 valence electrons. The summed E-state index contributed by atoms with van der Waals surface area (Å²) in [6.07, 6.45) is 3.79. The van der Waals surface area contributed by atoms with Crippen LogP contribution < -0.4 is 5.73 Å². The molecule has 0 amide bonds. The average Bonchev–Trinajstić information content (AvgIpc) is 3.00. The second-order valence-electron chi connectivity index (χ2n) is 3.97. The average molecular weight is 227 g/mol. The second kappa shape index (κ2) is 6.09. The van der Waals surface area contributed by atoms with Crippen LogP contribution in [-0.4, -0.2) is 11.5 Å². The molecule has 2 N–H and O–H groups in total. The molecule has 1 heterocycles. The lowest BCUT2D eigenvalue weighted by atomic mass is 10.2. The maximum atomic E-state index is 5.72. The molecule has 3 heteroatoms. The van der Waals surface area contributed by atoms with Crippen LogP contribution >= 0.6 is 11.6 Å². The number of halogens is 1. The topological polar surface area (TPSA) is 38.9 Å². The predicted molar refractivity (Wildman–Crippen MR) is 65.1 cm³/mol. The maximum Gasteiger partial charge on any atom is 0.129 e. The standard InChI is InChI=1S/C8H10ClN.C4H9N/c1-3-7-4-6(2)10-8(9)5-7;5-3-4-1-2-4/h4-5H,3H2,1-2H3;4H,1-3,5H2. The molecule has 15 heavy (non-hydrogen) atoms. The maximum absolute atomic E-state index is 5.72. The Hall–Kier alpha value is -0.600. The minimum atomic E-state index is 0.594. The van der Waals surface area contributed by atoms with Gasteiger partial charge in [-0.15, -0.1) is 0 Å². The summed E-state index contributed by atoms with van der Waals surface area (Å²) in [5.41, 5.74) is 7.47. The van der Waals surface area contributed by atoms with Crippen LogP contribution in [0, 0.1) is 12.8 Å². The Balaban J connectivity index is 0.000000187. The molecule has 1 aromatic rings. The van der Waals surface area contributed by atoms with Crippen LogP contribution in [-0.2, 0) is 6.42 Å². The second-order valence-corrected chi connectivity index (χ2v) is 4.36. The zero-order valence-electron chi connectivity index (χ0n) is 9.46. The van der Waals surface area contributed by atoms with Crippen LogP contribution in [0.3, 0.4) is 0 Å². The molecule has 0 aliphatic heterocycles. The van der Waals surface area contributed by atoms with Gasteiger partial charge in [0.25, 0.3) is 0 Å². The van der Waals surface area contributed by atoms with E-state index in [4.69, 9.17) is 17.3 Å². The number of nitrogens with zero attached hydrogens (tertiary/aromatic N) is 1. The van der Waals surface area contributed by atoms with Gasteiger partial charge < -0.3 is 5.73 Å². The lowest BCUT2D eigenvalue weighted by Gasteiger charge is -1.97. The molecule has 0 bridgehead atoms. The molecule has 0 aromatic carbocycles. The fraction of sp³-hybridized carbons (Fsp3) is 0.583. The first-order valence-electron chi connectivity index (χ1n) is 5.48. The molecule has 0 saturated heterocycles. The van der Waals surface area contributed by atoms with Gasteiger partial charge in [0.1, 0.15) is 5.15 Å². The van der Waals surface area contributed by atoms with E-state index in [9.17, 15) is 0 Å². The van der Waals surface area contributed by atoms with E-state index in [1.54, 1.807) is 0 Å². The minimum absolute atomic E-state index is 0.594. The highest BCUT2D eigenvalue weighted by Crippen LogP contribution is 2.26. The molecular weight excluding hydrogens is 208 g/mol. The number of aryl methyl sites for hydroxylation is 2. The Morgan fingerprint density at radius 3 is 2.47 bits per heavy atom. The predicted octanol–water partition coefficient (Wildman–Crippen LogP) is 2.96. The Bertz CT molecular complexity index is 288. The van der Waals surface area contributed by atoms with Crippen molar-refractivity contribution in [1.82, 2.24) is 4.98 Å². The van der Waals surface area contributed by atoms with Gasteiger partial charge in [-0.3, -0.25) is 0 Å². The monoisotopic (exact) mass is 226 g/mol. The molecule has 2 nitrogen and oxygen atoms in total. The van der Waals surface area contributed by atoms with E-state index in [0.29, 0.717) is 5.15 Å². The molecule has 0 radical (unpaired) electrons. The summed E-state index contributed by atoms with van der Waals surface area (Å²) in [5.74, 6) is 0.912. The van der Waals surface area contributed by atoms with Crippen molar-refractivity contribution >= 4 is 11.6 Å². The lowest BCUT2D eigenvalue weighted by molar-refractivity contribution is 0.847. The van der Waals surface area contributed by atoms with Crippen molar-refractivity contribution in [3.8, 4) is 0 Å². The Kier molecular flexibility index (Phi) is 5.06. The van der Waals surface area contributed by atoms with Crippen LogP contribution in [0.2, 0.25) is 5.15 Å². The Morgan fingerprint density at radius 1 is 1.47 bits per heavy atom. The smallest absolute Gasteiger partial charge is 0.129 e. The highest BCUT2D eigenvalue weighted by molar-refractivity contribution is 6.29. The molecule has 1 fully saturated rings. The number of hydrogen-bond donors (Lipinski definition) is 1. The fourth-order valence-corrected chi connectivity index (χ4v) is 1.53. The van der Waals surface area contributed by atoms with Crippen LogP contribution in [0.4, 0.5) is 0 Å². The van der Waals surface area contributed by atoms with E-state index in [1.807, 2.05) is 19.1 Å². The summed E-state index contributed by atoms with van der Waals surface area (Å²) in [7, 11) is 0. The van der Waals surface area contributed by atoms with Crippen LogP contribution in [0.1, 0.15) is 31.0 Å². The zero-order chi connectivity index (χ0) is 11.3. The summed E-state index contributed by atoms with van der Waals surface area (Å²) < 4.78 is 0.